The third-order valence-corrected chi connectivity index (χ3v) is 2.59. The summed E-state index contributed by atoms with van der Waals surface area (Å²) < 4.78 is 45.2. The van der Waals surface area contributed by atoms with Gasteiger partial charge in [0.1, 0.15) is 12.4 Å². The Morgan fingerprint density at radius 2 is 1.95 bits per heavy atom. The van der Waals surface area contributed by atoms with Gasteiger partial charge in [-0.05, 0) is 12.1 Å². The van der Waals surface area contributed by atoms with Crippen molar-refractivity contribution < 1.29 is 22.6 Å². The number of hydrogen-bond donors (Lipinski definition) is 1. The smallest absolute Gasteiger partial charge is 0.411 e. The van der Waals surface area contributed by atoms with E-state index < -0.39 is 12.8 Å². The largest absolute Gasteiger partial charge is 0.493 e. The van der Waals surface area contributed by atoms with Crippen LogP contribution in [0.4, 0.5) is 13.2 Å². The topological polar surface area (TPSA) is 44.5 Å². The molecule has 0 amide bonds. The zero-order valence-corrected chi connectivity index (χ0v) is 10.9. The van der Waals surface area contributed by atoms with Crippen molar-refractivity contribution in [2.24, 2.45) is 5.73 Å². The predicted molar refractivity (Wildman–Crippen MR) is 66.3 cm³/mol. The maximum Gasteiger partial charge on any atom is 0.411 e. The van der Waals surface area contributed by atoms with E-state index in [0.717, 1.165) is 0 Å². The van der Waals surface area contributed by atoms with Gasteiger partial charge in [0.15, 0.2) is 0 Å². The van der Waals surface area contributed by atoms with Crippen LogP contribution in [0.5, 0.6) is 5.75 Å². The Hall–Kier alpha value is -0.980. The molecule has 1 rings (SSSR count). The highest BCUT2D eigenvalue weighted by Gasteiger charge is 2.27. The summed E-state index contributed by atoms with van der Waals surface area (Å²) in [5, 5.41) is 0.508. The molecule has 1 aromatic rings. The van der Waals surface area contributed by atoms with Crippen molar-refractivity contribution in [3.8, 4) is 5.75 Å². The number of rotatable bonds is 7. The van der Waals surface area contributed by atoms with Gasteiger partial charge in [-0.1, -0.05) is 17.7 Å². The molecule has 0 aromatic heterocycles. The highest BCUT2D eigenvalue weighted by Crippen LogP contribution is 2.25. The van der Waals surface area contributed by atoms with E-state index in [1.807, 2.05) is 0 Å². The van der Waals surface area contributed by atoms with Crippen LogP contribution in [0.2, 0.25) is 5.02 Å². The van der Waals surface area contributed by atoms with Crippen LogP contribution in [-0.4, -0.2) is 26.0 Å². The molecule has 3 nitrogen and oxygen atoms in total. The number of benzene rings is 1. The van der Waals surface area contributed by atoms with Crippen LogP contribution in [0.25, 0.3) is 0 Å². The fraction of sp³-hybridized carbons (Fsp3) is 0.500. The average Bonchev–Trinajstić information content (AvgIpc) is 2.32. The van der Waals surface area contributed by atoms with Crippen molar-refractivity contribution in [3.63, 3.8) is 0 Å². The van der Waals surface area contributed by atoms with Gasteiger partial charge in [0.2, 0.25) is 0 Å². The van der Waals surface area contributed by atoms with Gasteiger partial charge >= 0.3 is 6.18 Å². The van der Waals surface area contributed by atoms with Crippen LogP contribution in [0.15, 0.2) is 18.2 Å². The van der Waals surface area contributed by atoms with Crippen molar-refractivity contribution >= 4 is 11.6 Å². The summed E-state index contributed by atoms with van der Waals surface area (Å²) in [6.07, 6.45) is -3.94. The lowest BCUT2D eigenvalue weighted by atomic mass is 10.2. The molecule has 2 N–H and O–H groups in total. The predicted octanol–water partition coefficient (Wildman–Crippen LogP) is 3.15. The Bertz CT molecular complexity index is 399. The van der Waals surface area contributed by atoms with E-state index in [-0.39, 0.29) is 19.8 Å². The molecule has 19 heavy (non-hydrogen) atoms. The summed E-state index contributed by atoms with van der Waals surface area (Å²) in [5.41, 5.74) is 6.22. The Morgan fingerprint density at radius 1 is 1.21 bits per heavy atom. The quantitative estimate of drug-likeness (QED) is 0.786. The Morgan fingerprint density at radius 3 is 2.58 bits per heavy atom. The van der Waals surface area contributed by atoms with Gasteiger partial charge in [-0.15, -0.1) is 0 Å². The molecule has 0 radical (unpaired) electrons. The molecule has 7 heteroatoms. The molecule has 1 aromatic carbocycles. The van der Waals surface area contributed by atoms with E-state index in [1.54, 1.807) is 18.2 Å². The molecular formula is C12H15ClF3NO2. The zero-order chi connectivity index (χ0) is 14.3. The highest BCUT2D eigenvalue weighted by atomic mass is 35.5. The average molecular weight is 298 g/mol. The van der Waals surface area contributed by atoms with Crippen LogP contribution >= 0.6 is 11.6 Å². The van der Waals surface area contributed by atoms with E-state index >= 15 is 0 Å². The molecule has 0 aliphatic heterocycles. The summed E-state index contributed by atoms with van der Waals surface area (Å²) in [6.45, 7) is -0.777. The first-order chi connectivity index (χ1) is 8.94. The van der Waals surface area contributed by atoms with Crippen molar-refractivity contribution in [2.45, 2.75) is 19.1 Å². The van der Waals surface area contributed by atoms with Crippen LogP contribution < -0.4 is 10.5 Å². The molecule has 0 unspecified atom stereocenters. The standard InChI is InChI=1S/C12H15ClF3NO2/c13-10-3-1-4-11(9(10)7-17)19-6-2-5-18-8-12(14,15)16/h1,3-4H,2,5-8,17H2. The highest BCUT2D eigenvalue weighted by molar-refractivity contribution is 6.31. The van der Waals surface area contributed by atoms with Gasteiger partial charge in [-0.25, -0.2) is 0 Å². The molecule has 0 atom stereocenters. The molecule has 0 aliphatic carbocycles. The summed E-state index contributed by atoms with van der Waals surface area (Å²) in [6, 6.07) is 5.13. The van der Waals surface area contributed by atoms with Crippen molar-refractivity contribution in [2.75, 3.05) is 19.8 Å². The summed E-state index contributed by atoms with van der Waals surface area (Å²) in [7, 11) is 0. The van der Waals surface area contributed by atoms with E-state index in [0.29, 0.717) is 22.8 Å². The minimum absolute atomic E-state index is 0.0158. The van der Waals surface area contributed by atoms with Gasteiger partial charge in [0.25, 0.3) is 0 Å². The van der Waals surface area contributed by atoms with E-state index in [2.05, 4.69) is 4.74 Å². The summed E-state index contributed by atoms with van der Waals surface area (Å²) >= 11 is 5.93. The molecular weight excluding hydrogens is 283 g/mol. The summed E-state index contributed by atoms with van der Waals surface area (Å²) in [4.78, 5) is 0. The van der Waals surface area contributed by atoms with E-state index in [9.17, 15) is 13.2 Å². The lowest BCUT2D eigenvalue weighted by Crippen LogP contribution is -2.18. The first-order valence-corrected chi connectivity index (χ1v) is 6.06. The molecule has 108 valence electrons. The van der Waals surface area contributed by atoms with Crippen LogP contribution in [-0.2, 0) is 11.3 Å². The van der Waals surface area contributed by atoms with Crippen LogP contribution in [0, 0.1) is 0 Å². The lowest BCUT2D eigenvalue weighted by molar-refractivity contribution is -0.174. The maximum atomic E-state index is 11.8. The number of hydrogen-bond acceptors (Lipinski definition) is 3. The SMILES string of the molecule is NCc1c(Cl)cccc1OCCCOCC(F)(F)F. The number of nitrogens with two attached hydrogens (primary N) is 1. The van der Waals surface area contributed by atoms with Gasteiger partial charge in [-0.3, -0.25) is 0 Å². The lowest BCUT2D eigenvalue weighted by Gasteiger charge is -2.12. The second-order valence-electron chi connectivity index (χ2n) is 3.79. The normalized spacial score (nSPS) is 11.6. The van der Waals surface area contributed by atoms with Gasteiger partial charge in [-0.2, -0.15) is 13.2 Å². The van der Waals surface area contributed by atoms with Gasteiger partial charge in [0, 0.05) is 23.6 Å². The number of ether oxygens (including phenoxy) is 2. The van der Waals surface area contributed by atoms with E-state index in [4.69, 9.17) is 22.1 Å². The third kappa shape index (κ3) is 6.13. The van der Waals surface area contributed by atoms with Gasteiger partial charge in [0.05, 0.1) is 13.2 Å². The molecule has 0 saturated carbocycles. The minimum Gasteiger partial charge on any atom is -0.493 e. The second kappa shape index (κ2) is 7.57. The van der Waals surface area contributed by atoms with Gasteiger partial charge < -0.3 is 15.2 Å². The molecule has 0 aliphatic rings. The zero-order valence-electron chi connectivity index (χ0n) is 10.2. The minimum atomic E-state index is -4.29. The Labute approximate surface area is 114 Å². The number of halogens is 4. The first kappa shape index (κ1) is 16.1. The van der Waals surface area contributed by atoms with Crippen molar-refractivity contribution in [3.05, 3.63) is 28.8 Å². The first-order valence-electron chi connectivity index (χ1n) is 5.69. The summed E-state index contributed by atoms with van der Waals surface area (Å²) in [5.74, 6) is 0.547. The van der Waals surface area contributed by atoms with Crippen molar-refractivity contribution in [1.29, 1.82) is 0 Å². The van der Waals surface area contributed by atoms with Crippen LogP contribution in [0.1, 0.15) is 12.0 Å². The van der Waals surface area contributed by atoms with Crippen LogP contribution in [0.3, 0.4) is 0 Å². The fourth-order valence-corrected chi connectivity index (χ4v) is 1.65. The number of alkyl halides is 3. The second-order valence-corrected chi connectivity index (χ2v) is 4.20. The molecule has 0 heterocycles. The van der Waals surface area contributed by atoms with Crippen molar-refractivity contribution in [1.82, 2.24) is 0 Å². The monoisotopic (exact) mass is 297 g/mol. The Kier molecular flexibility index (Phi) is 6.41. The molecule has 0 bridgehead atoms. The fourth-order valence-electron chi connectivity index (χ4n) is 1.40. The third-order valence-electron chi connectivity index (χ3n) is 2.24. The molecule has 0 fully saturated rings. The van der Waals surface area contributed by atoms with E-state index in [1.165, 1.54) is 0 Å². The molecule has 0 spiro atoms. The molecule has 0 saturated heterocycles. The Balaban J connectivity index is 2.28. The maximum absolute atomic E-state index is 11.8.